The van der Waals surface area contributed by atoms with Gasteiger partial charge in [-0.2, -0.15) is 5.10 Å². The molecule has 0 saturated carbocycles. The van der Waals surface area contributed by atoms with Crippen molar-refractivity contribution in [2.24, 2.45) is 5.10 Å². The number of aromatic amines is 1. The summed E-state index contributed by atoms with van der Waals surface area (Å²) < 4.78 is 6.61. The highest BCUT2D eigenvalue weighted by molar-refractivity contribution is 14.1. The van der Waals surface area contributed by atoms with Crippen LogP contribution in [0, 0.1) is 3.57 Å². The number of ether oxygens (including phenoxy) is 1. The van der Waals surface area contributed by atoms with Crippen LogP contribution in [0.25, 0.3) is 22.0 Å². The Hall–Kier alpha value is -3.95. The van der Waals surface area contributed by atoms with Gasteiger partial charge in [0.25, 0.3) is 5.91 Å². The Morgan fingerprint density at radius 1 is 0.919 bits per heavy atom. The predicted molar refractivity (Wildman–Crippen MR) is 154 cm³/mol. The summed E-state index contributed by atoms with van der Waals surface area (Å²) in [4.78, 5) is 29.0. The number of hydrogen-bond donors (Lipinski definition) is 2. The number of halogens is 2. The number of nitrogens with one attached hydrogen (secondary N) is 2. The maximum Gasteiger partial charge on any atom is 0.343 e. The fourth-order valence-corrected chi connectivity index (χ4v) is 4.50. The summed E-state index contributed by atoms with van der Waals surface area (Å²) in [6.45, 7) is 0. The minimum atomic E-state index is -0.526. The molecule has 1 aromatic heterocycles. The topological polar surface area (TPSA) is 83.5 Å². The number of para-hydroxylation sites is 1. The van der Waals surface area contributed by atoms with Gasteiger partial charge in [0, 0.05) is 30.6 Å². The highest BCUT2D eigenvalue weighted by Crippen LogP contribution is 2.33. The first kappa shape index (κ1) is 24.7. The lowest BCUT2D eigenvalue weighted by Gasteiger charge is -2.07. The van der Waals surface area contributed by atoms with Crippen LogP contribution in [0.2, 0.25) is 5.02 Å². The summed E-state index contributed by atoms with van der Waals surface area (Å²) >= 11 is 8.15. The van der Waals surface area contributed by atoms with Gasteiger partial charge in [0.2, 0.25) is 0 Å². The van der Waals surface area contributed by atoms with Gasteiger partial charge in [-0.05, 0) is 82.8 Å². The molecule has 5 aromatic rings. The number of nitrogens with zero attached hydrogens (tertiary/aromatic N) is 1. The van der Waals surface area contributed by atoms with E-state index in [1.807, 2.05) is 48.5 Å². The van der Waals surface area contributed by atoms with Crippen LogP contribution in [0.15, 0.2) is 102 Å². The van der Waals surface area contributed by atoms with Crippen LogP contribution in [-0.4, -0.2) is 23.1 Å². The van der Waals surface area contributed by atoms with Crippen molar-refractivity contribution in [2.75, 3.05) is 0 Å². The van der Waals surface area contributed by atoms with Gasteiger partial charge in [0.15, 0.2) is 0 Å². The molecule has 1 heterocycles. The maximum atomic E-state index is 13.2. The van der Waals surface area contributed by atoms with Gasteiger partial charge in [-0.15, -0.1) is 0 Å². The van der Waals surface area contributed by atoms with Gasteiger partial charge >= 0.3 is 5.97 Å². The SMILES string of the molecule is O=C(Oc1ccccc1C=NNC(=O)c1[nH]c2ccc(I)cc2c1-c1ccccc1)c1ccc(Cl)cc1. The highest BCUT2D eigenvalue weighted by atomic mass is 127. The second kappa shape index (κ2) is 11.0. The van der Waals surface area contributed by atoms with Crippen molar-refractivity contribution in [3.05, 3.63) is 122 Å². The minimum Gasteiger partial charge on any atom is -0.422 e. The molecule has 182 valence electrons. The van der Waals surface area contributed by atoms with Crippen molar-refractivity contribution in [1.82, 2.24) is 10.4 Å². The lowest BCUT2D eigenvalue weighted by molar-refractivity contribution is 0.0734. The van der Waals surface area contributed by atoms with Crippen LogP contribution in [0.4, 0.5) is 0 Å². The number of rotatable bonds is 6. The van der Waals surface area contributed by atoms with Crippen LogP contribution in [-0.2, 0) is 0 Å². The first-order valence-corrected chi connectivity index (χ1v) is 12.7. The molecule has 0 fully saturated rings. The van der Waals surface area contributed by atoms with E-state index in [4.69, 9.17) is 16.3 Å². The molecule has 0 bridgehead atoms. The van der Waals surface area contributed by atoms with Crippen molar-refractivity contribution < 1.29 is 14.3 Å². The predicted octanol–water partition coefficient (Wildman–Crippen LogP) is 7.08. The van der Waals surface area contributed by atoms with Gasteiger partial charge in [-0.25, -0.2) is 10.2 Å². The quantitative estimate of drug-likeness (QED) is 0.0701. The van der Waals surface area contributed by atoms with Crippen LogP contribution in [0.1, 0.15) is 26.4 Å². The molecule has 1 amide bonds. The molecule has 0 atom stereocenters. The third-order valence-electron chi connectivity index (χ3n) is 5.62. The molecule has 0 radical (unpaired) electrons. The largest absolute Gasteiger partial charge is 0.422 e. The fraction of sp³-hybridized carbons (Fsp3) is 0. The van der Waals surface area contributed by atoms with E-state index in [2.05, 4.69) is 38.1 Å². The average Bonchev–Trinajstić information content (AvgIpc) is 3.29. The first-order valence-electron chi connectivity index (χ1n) is 11.3. The third kappa shape index (κ3) is 5.58. The number of carbonyl (C=O) groups is 2. The molecule has 0 aliphatic heterocycles. The standard InChI is InChI=1S/C29H19ClIN3O3/c30-21-12-10-19(11-13-21)29(36)37-25-9-5-4-8-20(25)17-32-34-28(35)27-26(18-6-2-1-3-7-18)23-16-22(31)14-15-24(23)33-27/h1-17,33H,(H,34,35). The zero-order valence-electron chi connectivity index (χ0n) is 19.2. The Balaban J connectivity index is 1.38. The van der Waals surface area contributed by atoms with Crippen molar-refractivity contribution in [3.63, 3.8) is 0 Å². The van der Waals surface area contributed by atoms with Crippen molar-refractivity contribution in [2.45, 2.75) is 0 Å². The van der Waals surface area contributed by atoms with Crippen LogP contribution < -0.4 is 10.2 Å². The molecule has 5 rings (SSSR count). The van der Waals surface area contributed by atoms with E-state index < -0.39 is 11.9 Å². The van der Waals surface area contributed by atoms with Crippen molar-refractivity contribution in [3.8, 4) is 16.9 Å². The monoisotopic (exact) mass is 619 g/mol. The lowest BCUT2D eigenvalue weighted by Crippen LogP contribution is -2.19. The number of carbonyl (C=O) groups excluding carboxylic acids is 2. The van der Waals surface area contributed by atoms with Gasteiger partial charge in [0.05, 0.1) is 11.8 Å². The number of fused-ring (bicyclic) bond motifs is 1. The fourth-order valence-electron chi connectivity index (χ4n) is 3.88. The van der Waals surface area contributed by atoms with Crippen LogP contribution in [0.5, 0.6) is 5.75 Å². The van der Waals surface area contributed by atoms with Gasteiger partial charge in [-0.3, -0.25) is 4.79 Å². The molecule has 2 N–H and O–H groups in total. The number of H-pyrrole nitrogens is 1. The van der Waals surface area contributed by atoms with Gasteiger partial charge < -0.3 is 9.72 Å². The van der Waals surface area contributed by atoms with Gasteiger partial charge in [0.1, 0.15) is 11.4 Å². The summed E-state index contributed by atoms with van der Waals surface area (Å²) in [6.07, 6.45) is 1.44. The second-order valence-corrected chi connectivity index (χ2v) is 9.75. The molecule has 0 unspecified atom stereocenters. The van der Waals surface area contributed by atoms with Gasteiger partial charge in [-0.1, -0.05) is 54.1 Å². The zero-order chi connectivity index (χ0) is 25.8. The Kier molecular flexibility index (Phi) is 7.34. The summed E-state index contributed by atoms with van der Waals surface area (Å²) in [5.74, 6) is -0.607. The number of benzene rings is 4. The Bertz CT molecular complexity index is 1630. The van der Waals surface area contributed by atoms with Crippen LogP contribution >= 0.6 is 34.2 Å². The van der Waals surface area contributed by atoms with E-state index in [1.165, 1.54) is 6.21 Å². The van der Waals surface area contributed by atoms with E-state index in [0.717, 1.165) is 25.6 Å². The molecule has 0 saturated heterocycles. The molecule has 6 nitrogen and oxygen atoms in total. The molecule has 8 heteroatoms. The highest BCUT2D eigenvalue weighted by Gasteiger charge is 2.19. The van der Waals surface area contributed by atoms with Crippen LogP contribution in [0.3, 0.4) is 0 Å². The minimum absolute atomic E-state index is 0.311. The molecule has 0 aliphatic rings. The Morgan fingerprint density at radius 2 is 1.65 bits per heavy atom. The van der Waals surface area contributed by atoms with E-state index >= 15 is 0 Å². The Labute approximate surface area is 231 Å². The first-order chi connectivity index (χ1) is 18.0. The smallest absolute Gasteiger partial charge is 0.343 e. The van der Waals surface area contributed by atoms with E-state index in [0.29, 0.717) is 27.6 Å². The zero-order valence-corrected chi connectivity index (χ0v) is 22.2. The normalized spacial score (nSPS) is 11.1. The summed E-state index contributed by atoms with van der Waals surface area (Å²) in [5.41, 5.74) is 6.47. The molecular formula is C29H19ClIN3O3. The molecular weight excluding hydrogens is 601 g/mol. The number of hydrazone groups is 1. The maximum absolute atomic E-state index is 13.2. The van der Waals surface area contributed by atoms with E-state index in [1.54, 1.807) is 48.5 Å². The van der Waals surface area contributed by atoms with Crippen molar-refractivity contribution >= 4 is 63.2 Å². The van der Waals surface area contributed by atoms with E-state index in [9.17, 15) is 9.59 Å². The molecule has 4 aromatic carbocycles. The number of aromatic nitrogens is 1. The second-order valence-electron chi connectivity index (χ2n) is 8.06. The summed E-state index contributed by atoms with van der Waals surface area (Å²) in [5, 5.41) is 5.62. The summed E-state index contributed by atoms with van der Waals surface area (Å²) in [6, 6.07) is 29.1. The number of amides is 1. The number of hydrogen-bond acceptors (Lipinski definition) is 4. The molecule has 0 aliphatic carbocycles. The average molecular weight is 620 g/mol. The third-order valence-corrected chi connectivity index (χ3v) is 6.54. The lowest BCUT2D eigenvalue weighted by atomic mass is 10.0. The Morgan fingerprint density at radius 3 is 2.43 bits per heavy atom. The number of esters is 1. The van der Waals surface area contributed by atoms with E-state index in [-0.39, 0.29) is 0 Å². The molecule has 37 heavy (non-hydrogen) atoms. The summed E-state index contributed by atoms with van der Waals surface area (Å²) in [7, 11) is 0. The van der Waals surface area contributed by atoms with Crippen molar-refractivity contribution in [1.29, 1.82) is 0 Å². The molecule has 0 spiro atoms.